The van der Waals surface area contributed by atoms with E-state index in [1.54, 1.807) is 6.07 Å². The van der Waals surface area contributed by atoms with Gasteiger partial charge in [-0.3, -0.25) is 0 Å². The molecule has 2 rings (SSSR count). The van der Waals surface area contributed by atoms with E-state index >= 15 is 0 Å². The van der Waals surface area contributed by atoms with Gasteiger partial charge in [-0.05, 0) is 65.7 Å². The Morgan fingerprint density at radius 1 is 1.50 bits per heavy atom. The van der Waals surface area contributed by atoms with Crippen LogP contribution in [0.1, 0.15) is 39.0 Å². The zero-order chi connectivity index (χ0) is 14.8. The standard InChI is InChI=1S/C15H19BrClNO2/c1-2-10-5-7-15(8-6-10,14(19)20)18-11-3-4-13(17)12(16)9-11/h3-4,9-10,18H,2,5-8H2,1H3,(H,19,20). The van der Waals surface area contributed by atoms with Crippen LogP contribution in [0.15, 0.2) is 22.7 Å². The van der Waals surface area contributed by atoms with Gasteiger partial charge in [-0.15, -0.1) is 0 Å². The lowest BCUT2D eigenvalue weighted by Gasteiger charge is -2.38. The number of hydrogen-bond acceptors (Lipinski definition) is 2. The van der Waals surface area contributed by atoms with Gasteiger partial charge in [-0.25, -0.2) is 4.79 Å². The molecule has 3 nitrogen and oxygen atoms in total. The van der Waals surface area contributed by atoms with Crippen LogP contribution in [-0.2, 0) is 4.79 Å². The highest BCUT2D eigenvalue weighted by Gasteiger charge is 2.41. The van der Waals surface area contributed by atoms with Crippen molar-refractivity contribution in [1.82, 2.24) is 0 Å². The fourth-order valence-electron chi connectivity index (χ4n) is 2.82. The molecule has 0 radical (unpaired) electrons. The molecule has 110 valence electrons. The fraction of sp³-hybridized carbons (Fsp3) is 0.533. The van der Waals surface area contributed by atoms with E-state index in [2.05, 4.69) is 28.2 Å². The third kappa shape index (κ3) is 3.29. The first kappa shape index (κ1) is 15.6. The second kappa shape index (κ2) is 6.35. The molecule has 1 aromatic carbocycles. The van der Waals surface area contributed by atoms with E-state index in [0.717, 1.165) is 29.4 Å². The van der Waals surface area contributed by atoms with Crippen molar-refractivity contribution in [3.63, 3.8) is 0 Å². The van der Waals surface area contributed by atoms with Crippen molar-refractivity contribution in [2.75, 3.05) is 5.32 Å². The summed E-state index contributed by atoms with van der Waals surface area (Å²) in [4.78, 5) is 11.7. The number of hydrogen-bond donors (Lipinski definition) is 2. The Balaban J connectivity index is 2.17. The first-order valence-electron chi connectivity index (χ1n) is 6.93. The molecule has 0 aromatic heterocycles. The summed E-state index contributed by atoms with van der Waals surface area (Å²) in [6.45, 7) is 2.17. The van der Waals surface area contributed by atoms with Gasteiger partial charge >= 0.3 is 5.97 Å². The zero-order valence-corrected chi connectivity index (χ0v) is 13.8. The Morgan fingerprint density at radius 3 is 2.65 bits per heavy atom. The van der Waals surface area contributed by atoms with Gasteiger partial charge in [-0.1, -0.05) is 24.9 Å². The van der Waals surface area contributed by atoms with Crippen LogP contribution in [0.2, 0.25) is 5.02 Å². The molecule has 0 spiro atoms. The third-order valence-electron chi connectivity index (χ3n) is 4.25. The molecule has 1 saturated carbocycles. The smallest absolute Gasteiger partial charge is 0.329 e. The van der Waals surface area contributed by atoms with Crippen LogP contribution < -0.4 is 5.32 Å². The average molecular weight is 361 g/mol. The van der Waals surface area contributed by atoms with E-state index in [1.807, 2.05) is 12.1 Å². The maximum atomic E-state index is 11.7. The number of carboxylic acid groups (broad SMARTS) is 1. The molecule has 1 fully saturated rings. The minimum absolute atomic E-state index is 0.620. The lowest BCUT2D eigenvalue weighted by molar-refractivity contribution is -0.143. The van der Waals surface area contributed by atoms with Crippen molar-refractivity contribution < 1.29 is 9.90 Å². The Hall–Kier alpha value is -0.740. The fourth-order valence-corrected chi connectivity index (χ4v) is 3.32. The molecule has 0 unspecified atom stereocenters. The molecule has 1 aromatic rings. The molecule has 1 aliphatic rings. The van der Waals surface area contributed by atoms with Crippen molar-refractivity contribution in [2.45, 2.75) is 44.6 Å². The Morgan fingerprint density at radius 2 is 2.15 bits per heavy atom. The Kier molecular flexibility index (Phi) is 4.97. The summed E-state index contributed by atoms with van der Waals surface area (Å²) in [5.74, 6) is -0.112. The SMILES string of the molecule is CCC1CCC(Nc2ccc(Cl)c(Br)c2)(C(=O)O)CC1. The van der Waals surface area contributed by atoms with Crippen molar-refractivity contribution in [1.29, 1.82) is 0 Å². The lowest BCUT2D eigenvalue weighted by Crippen LogP contribution is -2.49. The molecule has 0 amide bonds. The normalized spacial score (nSPS) is 26.2. The topological polar surface area (TPSA) is 49.3 Å². The van der Waals surface area contributed by atoms with Crippen LogP contribution in [0, 0.1) is 5.92 Å². The van der Waals surface area contributed by atoms with E-state index in [1.165, 1.54) is 0 Å². The van der Waals surface area contributed by atoms with Crippen LogP contribution in [0.4, 0.5) is 5.69 Å². The Labute approximate surface area is 132 Å². The number of halogens is 2. The predicted molar refractivity (Wildman–Crippen MR) is 85.4 cm³/mol. The van der Waals surface area contributed by atoms with E-state index in [4.69, 9.17) is 11.6 Å². The minimum atomic E-state index is -0.848. The highest BCUT2D eigenvalue weighted by atomic mass is 79.9. The molecule has 0 heterocycles. The van der Waals surface area contributed by atoms with Crippen LogP contribution in [0.5, 0.6) is 0 Å². The highest BCUT2D eigenvalue weighted by molar-refractivity contribution is 9.10. The van der Waals surface area contributed by atoms with Crippen molar-refractivity contribution in [2.24, 2.45) is 5.92 Å². The van der Waals surface area contributed by atoms with Crippen LogP contribution >= 0.6 is 27.5 Å². The molecule has 5 heteroatoms. The summed E-state index contributed by atoms with van der Waals surface area (Å²) in [5.41, 5.74) is -0.0579. The van der Waals surface area contributed by atoms with Gasteiger partial charge in [-0.2, -0.15) is 0 Å². The molecule has 20 heavy (non-hydrogen) atoms. The number of rotatable bonds is 4. The molecule has 0 atom stereocenters. The van der Waals surface area contributed by atoms with E-state index in [-0.39, 0.29) is 0 Å². The summed E-state index contributed by atoms with van der Waals surface area (Å²) in [6, 6.07) is 5.42. The zero-order valence-electron chi connectivity index (χ0n) is 11.5. The number of benzene rings is 1. The minimum Gasteiger partial charge on any atom is -0.480 e. The van der Waals surface area contributed by atoms with Crippen molar-refractivity contribution in [3.05, 3.63) is 27.7 Å². The Bertz CT molecular complexity index is 499. The molecule has 1 aliphatic carbocycles. The molecule has 2 N–H and O–H groups in total. The number of carbonyl (C=O) groups is 1. The molecule has 0 bridgehead atoms. The van der Waals surface area contributed by atoms with Crippen LogP contribution in [0.25, 0.3) is 0 Å². The average Bonchev–Trinajstić information content (AvgIpc) is 2.43. The molecule has 0 aliphatic heterocycles. The maximum Gasteiger partial charge on any atom is 0.329 e. The second-order valence-electron chi connectivity index (χ2n) is 5.49. The van der Waals surface area contributed by atoms with Crippen LogP contribution in [0.3, 0.4) is 0 Å². The van der Waals surface area contributed by atoms with Crippen LogP contribution in [-0.4, -0.2) is 16.6 Å². The van der Waals surface area contributed by atoms with E-state index in [9.17, 15) is 9.90 Å². The first-order valence-corrected chi connectivity index (χ1v) is 8.10. The monoisotopic (exact) mass is 359 g/mol. The summed E-state index contributed by atoms with van der Waals surface area (Å²) >= 11 is 9.33. The lowest BCUT2D eigenvalue weighted by atomic mass is 9.75. The van der Waals surface area contributed by atoms with E-state index < -0.39 is 11.5 Å². The third-order valence-corrected chi connectivity index (χ3v) is 5.46. The molecular weight excluding hydrogens is 342 g/mol. The molecule has 0 saturated heterocycles. The quantitative estimate of drug-likeness (QED) is 0.799. The van der Waals surface area contributed by atoms with Gasteiger partial charge in [0.1, 0.15) is 5.54 Å². The maximum absolute atomic E-state index is 11.7. The van der Waals surface area contributed by atoms with E-state index in [0.29, 0.717) is 23.8 Å². The summed E-state index contributed by atoms with van der Waals surface area (Å²) in [7, 11) is 0. The number of anilines is 1. The van der Waals surface area contributed by atoms with Gasteiger partial charge in [0, 0.05) is 10.2 Å². The number of aliphatic carboxylic acids is 1. The second-order valence-corrected chi connectivity index (χ2v) is 6.75. The van der Waals surface area contributed by atoms with Crippen molar-refractivity contribution in [3.8, 4) is 0 Å². The van der Waals surface area contributed by atoms with Gasteiger partial charge < -0.3 is 10.4 Å². The summed E-state index contributed by atoms with van der Waals surface area (Å²) in [5, 5.41) is 13.5. The summed E-state index contributed by atoms with van der Waals surface area (Å²) in [6.07, 6.45) is 4.39. The largest absolute Gasteiger partial charge is 0.480 e. The number of nitrogens with one attached hydrogen (secondary N) is 1. The van der Waals surface area contributed by atoms with Gasteiger partial charge in [0.05, 0.1) is 5.02 Å². The summed E-state index contributed by atoms with van der Waals surface area (Å²) < 4.78 is 0.770. The first-order chi connectivity index (χ1) is 9.47. The number of carboxylic acids is 1. The predicted octanol–water partition coefficient (Wildman–Crippen LogP) is 4.94. The van der Waals surface area contributed by atoms with Crippen molar-refractivity contribution >= 4 is 39.2 Å². The molecular formula is C15H19BrClNO2. The van der Waals surface area contributed by atoms with Gasteiger partial charge in [0.25, 0.3) is 0 Å². The van der Waals surface area contributed by atoms with Gasteiger partial charge in [0.2, 0.25) is 0 Å². The highest BCUT2D eigenvalue weighted by Crippen LogP contribution is 2.37. The van der Waals surface area contributed by atoms with Gasteiger partial charge in [0.15, 0.2) is 0 Å².